The predicted octanol–water partition coefficient (Wildman–Crippen LogP) is 11.9. The Morgan fingerprint density at radius 3 is 2.09 bits per heavy atom. The molecule has 0 radical (unpaired) electrons. The summed E-state index contributed by atoms with van der Waals surface area (Å²) in [4.78, 5) is 2.63. The van der Waals surface area contributed by atoms with Crippen LogP contribution in [0.4, 0.5) is 17.1 Å². The molecule has 0 saturated heterocycles. The van der Waals surface area contributed by atoms with Crippen molar-refractivity contribution in [2.45, 2.75) is 103 Å². The van der Waals surface area contributed by atoms with Crippen molar-refractivity contribution < 1.29 is 8.83 Å². The number of benzene rings is 4. The molecule has 4 aliphatic rings. The highest BCUT2D eigenvalue weighted by atomic mass is 32.1. The standard InChI is InChI=1S/C48H46BNO2S/c1-45(2)20-22-47(5,6)42-38(45)34(26-51-42)50-33-25-27(28-16-13-19-36-37(28)30-15-10-12-18-35(30)53-36)24-31-29-14-9-11-17-32(29)49(40(31)33)44-41(50)39-43(52-44)48(7,8)23-21-46(39,3)4/h9-19,24-26H,20-23H2,1-8H3. The highest BCUT2D eigenvalue weighted by molar-refractivity contribution is 7.26. The van der Waals surface area contributed by atoms with Crippen LogP contribution in [0.5, 0.6) is 0 Å². The van der Waals surface area contributed by atoms with Crippen molar-refractivity contribution in [2.75, 3.05) is 4.90 Å². The molecule has 0 unspecified atom stereocenters. The third kappa shape index (κ3) is 4.12. The second kappa shape index (κ2) is 10.2. The van der Waals surface area contributed by atoms with Crippen molar-refractivity contribution in [1.82, 2.24) is 0 Å². The Hall–Kier alpha value is -4.48. The molecule has 3 nitrogen and oxygen atoms in total. The highest BCUT2D eigenvalue weighted by Crippen LogP contribution is 2.58. The average Bonchev–Trinajstić information content (AvgIpc) is 3.91. The fraction of sp³-hybridized carbons (Fsp3) is 0.333. The first-order valence-corrected chi connectivity index (χ1v) is 20.4. The van der Waals surface area contributed by atoms with Crippen LogP contribution in [0.3, 0.4) is 0 Å². The summed E-state index contributed by atoms with van der Waals surface area (Å²) in [6.45, 7) is 19.2. The summed E-state index contributed by atoms with van der Waals surface area (Å²) in [7, 11) is 0. The van der Waals surface area contributed by atoms with Crippen LogP contribution in [-0.2, 0) is 21.7 Å². The Labute approximate surface area is 317 Å². The van der Waals surface area contributed by atoms with E-state index in [0.29, 0.717) is 0 Å². The van der Waals surface area contributed by atoms with Gasteiger partial charge in [0.15, 0.2) is 0 Å². The van der Waals surface area contributed by atoms with Crippen LogP contribution in [0.1, 0.15) is 104 Å². The molecular weight excluding hydrogens is 665 g/mol. The van der Waals surface area contributed by atoms with Crippen LogP contribution in [0.2, 0.25) is 0 Å². The average molecular weight is 712 g/mol. The quantitative estimate of drug-likeness (QED) is 0.167. The first-order chi connectivity index (χ1) is 25.3. The smallest absolute Gasteiger partial charge is 0.293 e. The van der Waals surface area contributed by atoms with Gasteiger partial charge in [0.2, 0.25) is 0 Å². The molecule has 0 bridgehead atoms. The summed E-state index contributed by atoms with van der Waals surface area (Å²) in [6, 6.07) is 29.9. The van der Waals surface area contributed by atoms with Gasteiger partial charge in [0.25, 0.3) is 6.71 Å². The lowest BCUT2D eigenvalue weighted by atomic mass is 9.39. The molecule has 2 aliphatic carbocycles. The lowest BCUT2D eigenvalue weighted by molar-refractivity contribution is 0.278. The van der Waals surface area contributed by atoms with E-state index < -0.39 is 0 Å². The Kier molecular flexibility index (Phi) is 6.15. The van der Waals surface area contributed by atoms with E-state index in [9.17, 15) is 0 Å². The highest BCUT2D eigenvalue weighted by Gasteiger charge is 2.53. The van der Waals surface area contributed by atoms with Gasteiger partial charge in [-0.15, -0.1) is 11.3 Å². The number of hydrogen-bond acceptors (Lipinski definition) is 4. The van der Waals surface area contributed by atoms with Crippen molar-refractivity contribution in [1.29, 1.82) is 0 Å². The lowest BCUT2D eigenvalue weighted by Gasteiger charge is -2.43. The molecule has 7 aromatic rings. The zero-order chi connectivity index (χ0) is 36.4. The molecule has 264 valence electrons. The summed E-state index contributed by atoms with van der Waals surface area (Å²) in [5.41, 5.74) is 15.2. The molecule has 0 spiro atoms. The fourth-order valence-corrected chi connectivity index (χ4v) is 11.8. The van der Waals surface area contributed by atoms with Crippen LogP contribution in [0.25, 0.3) is 42.4 Å². The molecule has 3 aromatic heterocycles. The fourth-order valence-electron chi connectivity index (χ4n) is 10.7. The molecule has 11 rings (SSSR count). The van der Waals surface area contributed by atoms with Crippen molar-refractivity contribution in [3.63, 3.8) is 0 Å². The molecule has 53 heavy (non-hydrogen) atoms. The number of anilines is 3. The van der Waals surface area contributed by atoms with Gasteiger partial charge in [-0.05, 0) is 88.5 Å². The first kappa shape index (κ1) is 32.0. The molecule has 0 fully saturated rings. The van der Waals surface area contributed by atoms with Crippen LogP contribution in [0, 0.1) is 0 Å². The third-order valence-corrected chi connectivity index (χ3v) is 14.8. The summed E-state index contributed by atoms with van der Waals surface area (Å²) in [5.74, 6) is 2.30. The molecule has 4 aromatic carbocycles. The minimum Gasteiger partial charge on any atom is -0.472 e. The van der Waals surface area contributed by atoms with Gasteiger partial charge in [-0.1, -0.05) is 115 Å². The van der Waals surface area contributed by atoms with Gasteiger partial charge in [0, 0.05) is 47.8 Å². The maximum atomic E-state index is 7.43. The van der Waals surface area contributed by atoms with E-state index in [1.54, 1.807) is 0 Å². The second-order valence-corrected chi connectivity index (χ2v) is 20.1. The summed E-state index contributed by atoms with van der Waals surface area (Å²) in [5, 5.41) is 2.67. The van der Waals surface area contributed by atoms with Crippen molar-refractivity contribution in [3.8, 4) is 22.3 Å². The third-order valence-electron chi connectivity index (χ3n) is 13.7. The molecule has 0 atom stereocenters. The molecular formula is C48H46BNO2S. The lowest BCUT2D eigenvalue weighted by Crippen LogP contribution is -2.54. The Bertz CT molecular complexity index is 2720. The van der Waals surface area contributed by atoms with Gasteiger partial charge in [-0.3, -0.25) is 0 Å². The van der Waals surface area contributed by atoms with Crippen LogP contribution < -0.4 is 21.5 Å². The number of rotatable bonds is 2. The number of furan rings is 2. The molecule has 5 heterocycles. The van der Waals surface area contributed by atoms with Crippen molar-refractivity contribution in [3.05, 3.63) is 108 Å². The zero-order valence-corrected chi connectivity index (χ0v) is 33.0. The van der Waals surface area contributed by atoms with E-state index in [-0.39, 0.29) is 28.4 Å². The van der Waals surface area contributed by atoms with Gasteiger partial charge >= 0.3 is 0 Å². The number of fused-ring (bicyclic) bond motifs is 11. The normalized spacial score (nSPS) is 19.5. The van der Waals surface area contributed by atoms with E-state index in [1.165, 1.54) is 81.5 Å². The van der Waals surface area contributed by atoms with E-state index in [4.69, 9.17) is 8.83 Å². The van der Waals surface area contributed by atoms with Gasteiger partial charge in [-0.25, -0.2) is 0 Å². The van der Waals surface area contributed by atoms with Crippen LogP contribution in [0.15, 0.2) is 94.0 Å². The second-order valence-electron chi connectivity index (χ2n) is 19.0. The van der Waals surface area contributed by atoms with Gasteiger partial charge in [0.05, 0.1) is 17.0 Å². The summed E-state index contributed by atoms with van der Waals surface area (Å²) >= 11 is 1.89. The molecule has 5 heteroatoms. The zero-order valence-electron chi connectivity index (χ0n) is 32.2. The van der Waals surface area contributed by atoms with Crippen molar-refractivity contribution in [2.24, 2.45) is 0 Å². The monoisotopic (exact) mass is 711 g/mol. The van der Waals surface area contributed by atoms with Crippen LogP contribution >= 0.6 is 11.3 Å². The van der Waals surface area contributed by atoms with E-state index >= 15 is 0 Å². The Balaban J connectivity index is 1.30. The minimum atomic E-state index is -0.0705. The van der Waals surface area contributed by atoms with Gasteiger partial charge in [-0.2, -0.15) is 0 Å². The Morgan fingerprint density at radius 2 is 1.28 bits per heavy atom. The summed E-state index contributed by atoms with van der Waals surface area (Å²) < 4.78 is 16.9. The number of nitrogens with zero attached hydrogens (tertiary/aromatic N) is 1. The number of thiophene rings is 1. The maximum Gasteiger partial charge on any atom is 0.293 e. The molecule has 2 aliphatic heterocycles. The Morgan fingerprint density at radius 1 is 0.623 bits per heavy atom. The van der Waals surface area contributed by atoms with E-state index in [2.05, 4.69) is 145 Å². The van der Waals surface area contributed by atoms with Crippen LogP contribution in [-0.4, -0.2) is 6.71 Å². The van der Waals surface area contributed by atoms with Crippen molar-refractivity contribution >= 4 is 71.9 Å². The topological polar surface area (TPSA) is 29.5 Å². The van der Waals surface area contributed by atoms with Gasteiger partial charge < -0.3 is 13.7 Å². The largest absolute Gasteiger partial charge is 0.472 e. The molecule has 0 saturated carbocycles. The van der Waals surface area contributed by atoms with Gasteiger partial charge in [0.1, 0.15) is 17.8 Å². The number of hydrogen-bond donors (Lipinski definition) is 0. The molecule has 0 N–H and O–H groups in total. The first-order valence-electron chi connectivity index (χ1n) is 19.5. The predicted molar refractivity (Wildman–Crippen MR) is 225 cm³/mol. The SMILES string of the molecule is CC1(C)CCC(C)(C)c2c(N3c4cc(-c5cccc6sc7ccccc7c56)cc5c4B(c4ccccc4-5)c4oc5c(c43)C(C)(C)CCC5(C)C)coc21. The van der Waals surface area contributed by atoms with E-state index in [1.807, 2.05) is 11.3 Å². The maximum absolute atomic E-state index is 7.43. The van der Waals surface area contributed by atoms with E-state index in [0.717, 1.165) is 42.9 Å². The summed E-state index contributed by atoms with van der Waals surface area (Å²) in [6.07, 6.45) is 6.53. The minimum absolute atomic E-state index is 0.0265. The molecule has 0 amide bonds.